The number of benzene rings is 1. The van der Waals surface area contributed by atoms with Crippen molar-refractivity contribution in [2.24, 2.45) is 0 Å². The highest BCUT2D eigenvalue weighted by Crippen LogP contribution is 2.11. The molecule has 52 valence electrons. The SMILES string of the molecule is O=C(F)c1ccccc1I. The first-order valence-electron chi connectivity index (χ1n) is 2.66. The predicted octanol–water partition coefficient (Wildman–Crippen LogP) is 2.40. The summed E-state index contributed by atoms with van der Waals surface area (Å²) in [5, 5.41) is 0. The summed E-state index contributed by atoms with van der Waals surface area (Å²) in [6.45, 7) is 0. The van der Waals surface area contributed by atoms with E-state index in [-0.39, 0.29) is 5.56 Å². The van der Waals surface area contributed by atoms with Gasteiger partial charge in [0, 0.05) is 3.57 Å². The van der Waals surface area contributed by atoms with Crippen LogP contribution in [0.25, 0.3) is 0 Å². The Labute approximate surface area is 71.4 Å². The Balaban J connectivity index is 3.15. The van der Waals surface area contributed by atoms with Crippen molar-refractivity contribution in [3.8, 4) is 0 Å². The van der Waals surface area contributed by atoms with Crippen molar-refractivity contribution in [1.82, 2.24) is 0 Å². The third-order valence-electron chi connectivity index (χ3n) is 1.09. The Morgan fingerprint density at radius 3 is 2.40 bits per heavy atom. The summed E-state index contributed by atoms with van der Waals surface area (Å²) in [5.74, 6) is 0. The standard InChI is InChI=1S/C7H4FIO/c8-7(10)5-3-1-2-4-6(5)9/h1-4H. The van der Waals surface area contributed by atoms with E-state index in [2.05, 4.69) is 0 Å². The average Bonchev–Trinajstić information content (AvgIpc) is 1.88. The van der Waals surface area contributed by atoms with Crippen LogP contribution in [0.5, 0.6) is 0 Å². The summed E-state index contributed by atoms with van der Waals surface area (Å²) in [5.41, 5.74) is 0.142. The predicted molar refractivity (Wildman–Crippen MR) is 44.6 cm³/mol. The second-order valence-corrected chi connectivity index (χ2v) is 2.92. The zero-order valence-electron chi connectivity index (χ0n) is 4.97. The Morgan fingerprint density at radius 1 is 1.40 bits per heavy atom. The highest BCUT2D eigenvalue weighted by atomic mass is 127. The molecule has 0 radical (unpaired) electrons. The molecule has 10 heavy (non-hydrogen) atoms. The van der Waals surface area contributed by atoms with Gasteiger partial charge in [0.15, 0.2) is 0 Å². The Morgan fingerprint density at radius 2 is 2.00 bits per heavy atom. The van der Waals surface area contributed by atoms with Crippen LogP contribution in [0.15, 0.2) is 24.3 Å². The molecule has 0 saturated carbocycles. The lowest BCUT2D eigenvalue weighted by atomic mass is 10.2. The first-order valence-corrected chi connectivity index (χ1v) is 3.74. The minimum atomic E-state index is -1.37. The van der Waals surface area contributed by atoms with Gasteiger partial charge in [-0.2, -0.15) is 4.39 Å². The summed E-state index contributed by atoms with van der Waals surface area (Å²) in [4.78, 5) is 10.2. The number of hydrogen-bond acceptors (Lipinski definition) is 1. The Hall–Kier alpha value is -0.450. The Bertz CT molecular complexity index is 260. The first kappa shape index (κ1) is 7.65. The zero-order chi connectivity index (χ0) is 7.56. The van der Waals surface area contributed by atoms with Crippen LogP contribution in [0.3, 0.4) is 0 Å². The summed E-state index contributed by atoms with van der Waals surface area (Å²) in [6.07, 6.45) is 0. The van der Waals surface area contributed by atoms with E-state index in [4.69, 9.17) is 0 Å². The second kappa shape index (κ2) is 3.09. The maximum Gasteiger partial charge on any atom is 0.333 e. The van der Waals surface area contributed by atoms with Crippen LogP contribution in [0, 0.1) is 3.57 Å². The number of halogens is 2. The molecular weight excluding hydrogens is 246 g/mol. The second-order valence-electron chi connectivity index (χ2n) is 1.75. The quantitative estimate of drug-likeness (QED) is 0.552. The lowest BCUT2D eigenvalue weighted by molar-refractivity contribution is 0.0835. The van der Waals surface area contributed by atoms with Crippen LogP contribution < -0.4 is 0 Å². The summed E-state index contributed by atoms with van der Waals surface area (Å²) in [6, 6.07) is 5.17. The van der Waals surface area contributed by atoms with Crippen LogP contribution in [0.2, 0.25) is 0 Å². The van der Waals surface area contributed by atoms with Crippen LogP contribution in [-0.2, 0) is 0 Å². The summed E-state index contributed by atoms with van der Waals surface area (Å²) < 4.78 is 12.7. The van der Waals surface area contributed by atoms with Crippen molar-refractivity contribution in [3.05, 3.63) is 33.4 Å². The van der Waals surface area contributed by atoms with E-state index < -0.39 is 6.04 Å². The Kier molecular flexibility index (Phi) is 2.37. The highest BCUT2D eigenvalue weighted by Gasteiger charge is 2.05. The number of hydrogen-bond donors (Lipinski definition) is 0. The largest absolute Gasteiger partial charge is 0.333 e. The van der Waals surface area contributed by atoms with E-state index >= 15 is 0 Å². The average molecular weight is 250 g/mol. The van der Waals surface area contributed by atoms with Gasteiger partial charge < -0.3 is 0 Å². The van der Waals surface area contributed by atoms with E-state index in [1.807, 2.05) is 22.6 Å². The van der Waals surface area contributed by atoms with E-state index in [1.165, 1.54) is 6.07 Å². The van der Waals surface area contributed by atoms with Gasteiger partial charge in [-0.25, -0.2) is 0 Å². The van der Waals surface area contributed by atoms with Crippen molar-refractivity contribution in [2.75, 3.05) is 0 Å². The van der Waals surface area contributed by atoms with Gasteiger partial charge in [-0.15, -0.1) is 0 Å². The van der Waals surface area contributed by atoms with Crippen LogP contribution in [0.4, 0.5) is 4.39 Å². The molecule has 0 heterocycles. The summed E-state index contributed by atoms with van der Waals surface area (Å²) in [7, 11) is 0. The summed E-state index contributed by atoms with van der Waals surface area (Å²) >= 11 is 1.91. The highest BCUT2D eigenvalue weighted by molar-refractivity contribution is 14.1. The molecule has 3 heteroatoms. The van der Waals surface area contributed by atoms with Gasteiger partial charge in [0.25, 0.3) is 0 Å². The molecular formula is C7H4FIO. The van der Waals surface area contributed by atoms with E-state index in [9.17, 15) is 9.18 Å². The van der Waals surface area contributed by atoms with Crippen molar-refractivity contribution in [2.45, 2.75) is 0 Å². The number of rotatable bonds is 1. The van der Waals surface area contributed by atoms with E-state index in [0.717, 1.165) is 0 Å². The van der Waals surface area contributed by atoms with Gasteiger partial charge in [0.2, 0.25) is 0 Å². The molecule has 0 amide bonds. The maximum absolute atomic E-state index is 12.1. The molecule has 0 spiro atoms. The van der Waals surface area contributed by atoms with Gasteiger partial charge in [0.05, 0.1) is 5.56 Å². The monoisotopic (exact) mass is 250 g/mol. The fourth-order valence-electron chi connectivity index (χ4n) is 0.621. The molecule has 0 saturated heterocycles. The van der Waals surface area contributed by atoms with Gasteiger partial charge >= 0.3 is 6.04 Å². The molecule has 0 aliphatic heterocycles. The molecule has 0 unspecified atom stereocenters. The van der Waals surface area contributed by atoms with Crippen LogP contribution in [0.1, 0.15) is 10.4 Å². The van der Waals surface area contributed by atoms with E-state index in [1.54, 1.807) is 18.2 Å². The van der Waals surface area contributed by atoms with Gasteiger partial charge in [-0.05, 0) is 34.7 Å². The maximum atomic E-state index is 12.1. The van der Waals surface area contributed by atoms with Crippen molar-refractivity contribution < 1.29 is 9.18 Å². The molecule has 0 atom stereocenters. The lowest BCUT2D eigenvalue weighted by Crippen LogP contribution is -1.92. The van der Waals surface area contributed by atoms with Crippen LogP contribution in [-0.4, -0.2) is 6.04 Å². The number of carbonyl (C=O) groups is 1. The van der Waals surface area contributed by atoms with Gasteiger partial charge in [0.1, 0.15) is 0 Å². The van der Waals surface area contributed by atoms with Gasteiger partial charge in [-0.1, -0.05) is 12.1 Å². The molecule has 1 nitrogen and oxygen atoms in total. The molecule has 0 N–H and O–H groups in total. The molecule has 0 aliphatic rings. The first-order chi connectivity index (χ1) is 4.72. The lowest BCUT2D eigenvalue weighted by Gasteiger charge is -1.93. The minimum absolute atomic E-state index is 0.142. The zero-order valence-corrected chi connectivity index (χ0v) is 7.13. The fraction of sp³-hybridized carbons (Fsp3) is 0. The molecule has 1 aromatic carbocycles. The van der Waals surface area contributed by atoms with Crippen molar-refractivity contribution >= 4 is 28.6 Å². The topological polar surface area (TPSA) is 17.1 Å². The number of carbonyl (C=O) groups excluding carboxylic acids is 1. The fourth-order valence-corrected chi connectivity index (χ4v) is 1.22. The van der Waals surface area contributed by atoms with Crippen molar-refractivity contribution in [1.29, 1.82) is 0 Å². The minimum Gasteiger partial charge on any atom is -0.255 e. The molecule has 0 fully saturated rings. The normalized spacial score (nSPS) is 9.40. The smallest absolute Gasteiger partial charge is 0.255 e. The van der Waals surface area contributed by atoms with Crippen LogP contribution >= 0.6 is 22.6 Å². The van der Waals surface area contributed by atoms with E-state index in [0.29, 0.717) is 3.57 Å². The molecule has 1 aromatic rings. The van der Waals surface area contributed by atoms with Gasteiger partial charge in [-0.3, -0.25) is 4.79 Å². The third-order valence-corrected chi connectivity index (χ3v) is 2.03. The molecule has 0 aliphatic carbocycles. The van der Waals surface area contributed by atoms with Crippen molar-refractivity contribution in [3.63, 3.8) is 0 Å². The third kappa shape index (κ3) is 1.53. The molecule has 0 bridgehead atoms. The molecule has 1 rings (SSSR count). The molecule has 0 aromatic heterocycles.